The fourth-order valence-corrected chi connectivity index (χ4v) is 7.55. The summed E-state index contributed by atoms with van der Waals surface area (Å²) in [6, 6.07) is 53.1. The van der Waals surface area contributed by atoms with Gasteiger partial charge >= 0.3 is 0 Å². The van der Waals surface area contributed by atoms with Gasteiger partial charge in [-0.3, -0.25) is 9.59 Å². The summed E-state index contributed by atoms with van der Waals surface area (Å²) in [7, 11) is 0. The number of ketones is 2. The molecule has 0 amide bonds. The van der Waals surface area contributed by atoms with E-state index in [4.69, 9.17) is 9.97 Å². The normalized spacial score (nSPS) is 12.3. The molecule has 4 heterocycles. The molecule has 5 aromatic carbocycles. The summed E-state index contributed by atoms with van der Waals surface area (Å²) in [5.74, 6) is 0.208. The van der Waals surface area contributed by atoms with Crippen molar-refractivity contribution >= 4 is 55.2 Å². The Kier molecular flexibility index (Phi) is 17.9. The van der Waals surface area contributed by atoms with Gasteiger partial charge in [0.15, 0.2) is 11.6 Å². The van der Waals surface area contributed by atoms with Crippen molar-refractivity contribution in [3.63, 3.8) is 0 Å². The summed E-state index contributed by atoms with van der Waals surface area (Å²) in [5.41, 5.74) is 8.70. The summed E-state index contributed by atoms with van der Waals surface area (Å²) in [6.07, 6.45) is 6.54. The van der Waals surface area contributed by atoms with Crippen molar-refractivity contribution in [1.82, 2.24) is 19.1 Å². The molecule has 0 aliphatic rings. The summed E-state index contributed by atoms with van der Waals surface area (Å²) in [4.78, 5) is 32.6. The summed E-state index contributed by atoms with van der Waals surface area (Å²) < 4.78 is 4.55. The van der Waals surface area contributed by atoms with Gasteiger partial charge in [-0.05, 0) is 36.4 Å². The Morgan fingerprint density at radius 1 is 0.431 bits per heavy atom. The van der Waals surface area contributed by atoms with Gasteiger partial charge in [0.25, 0.3) is 0 Å². The van der Waals surface area contributed by atoms with E-state index in [9.17, 15) is 19.8 Å². The molecule has 0 fully saturated rings. The molecule has 8 nitrogen and oxygen atoms in total. The Balaban J connectivity index is 0.000000287. The summed E-state index contributed by atoms with van der Waals surface area (Å²) in [6.45, 7) is 22.2. The van der Waals surface area contributed by atoms with Gasteiger partial charge in [0.05, 0.1) is 33.4 Å². The quantitative estimate of drug-likeness (QED) is 0.0975. The maximum absolute atomic E-state index is 11.5. The smallest absolute Gasteiger partial charge is 0.164 e. The van der Waals surface area contributed by atoms with Crippen molar-refractivity contribution in [2.24, 2.45) is 21.7 Å². The molecule has 0 saturated heterocycles. The molecular formula is C62H64N4O4Pt2-2. The molecule has 378 valence electrons. The van der Waals surface area contributed by atoms with Crippen molar-refractivity contribution in [2.45, 2.75) is 83.1 Å². The molecule has 9 rings (SSSR count). The standard InChI is InChI=1S/C40H24N4.2C11H20O2.2Pt/c1-5-13-37-31(9-1)32-10-2-6-14-38(32)43(37)29-21-23-35(41-25-29)27-17-19-28(20-18-27)36-24-22-30(26-42-36)44-39-15-7-3-11-33(39)34-12-4-8-16-40(34)44;2*1-10(2,3)8(12)7-9(13)11(4,5)6;;/h1-17,20-26H;2*7,12H,1-6H3;;/q-2;;;;/b;2*8-7-;;. The SMILES string of the molecule is CC(C)(C)C(=O)/C=C(\O)C(C)(C)C.CC(C)(C)C(=O)/C=C(\O)C(C)(C)C.[Pt].[Pt].[c-]1cc(-c2ccc(-n3c4ccccc4c4ccccc43)cn2)[c-]cc1-c1ccc(-n2c3ccccc3c3ccccc32)cn1. The van der Waals surface area contributed by atoms with Crippen LogP contribution in [-0.4, -0.2) is 40.9 Å². The van der Waals surface area contributed by atoms with Crippen LogP contribution in [0.1, 0.15) is 83.1 Å². The number of rotatable bonds is 6. The molecule has 0 atom stereocenters. The third kappa shape index (κ3) is 12.9. The van der Waals surface area contributed by atoms with Crippen LogP contribution in [-0.2, 0) is 51.7 Å². The van der Waals surface area contributed by atoms with Gasteiger partial charge < -0.3 is 29.3 Å². The van der Waals surface area contributed by atoms with Crippen LogP contribution in [0.25, 0.3) is 77.5 Å². The molecule has 4 aromatic heterocycles. The van der Waals surface area contributed by atoms with Crippen molar-refractivity contribution in [3.05, 3.63) is 182 Å². The summed E-state index contributed by atoms with van der Waals surface area (Å²) in [5, 5.41) is 24.1. The van der Waals surface area contributed by atoms with Gasteiger partial charge in [-0.25, -0.2) is 35.4 Å². The number of nitrogens with zero attached hydrogens (tertiary/aromatic N) is 4. The van der Waals surface area contributed by atoms with Crippen LogP contribution in [0.5, 0.6) is 0 Å². The van der Waals surface area contributed by atoms with Crippen LogP contribution < -0.4 is 0 Å². The minimum atomic E-state index is -0.417. The van der Waals surface area contributed by atoms with E-state index in [0.717, 1.165) is 33.9 Å². The van der Waals surface area contributed by atoms with E-state index in [1.807, 2.05) is 108 Å². The van der Waals surface area contributed by atoms with E-state index < -0.39 is 10.8 Å². The van der Waals surface area contributed by atoms with E-state index >= 15 is 0 Å². The molecule has 0 aliphatic heterocycles. The number of pyridine rings is 2. The summed E-state index contributed by atoms with van der Waals surface area (Å²) >= 11 is 0. The Labute approximate surface area is 453 Å². The Morgan fingerprint density at radius 3 is 0.931 bits per heavy atom. The van der Waals surface area contributed by atoms with Gasteiger partial charge in [-0.15, -0.1) is 0 Å². The van der Waals surface area contributed by atoms with Crippen molar-refractivity contribution < 1.29 is 61.9 Å². The van der Waals surface area contributed by atoms with Crippen molar-refractivity contribution in [3.8, 4) is 33.9 Å². The monoisotopic (exact) mass is 1320 g/mol. The molecule has 0 bridgehead atoms. The van der Waals surface area contributed by atoms with Crippen LogP contribution >= 0.6 is 0 Å². The molecule has 9 aromatic rings. The fourth-order valence-electron chi connectivity index (χ4n) is 7.55. The molecular weight excluding hydrogens is 1250 g/mol. The molecule has 0 aliphatic carbocycles. The largest absolute Gasteiger partial charge is 0.512 e. The number of hydrogen-bond acceptors (Lipinski definition) is 6. The maximum atomic E-state index is 11.5. The Bertz CT molecular complexity index is 3060. The molecule has 10 heteroatoms. The van der Waals surface area contributed by atoms with E-state index in [-0.39, 0.29) is 76.0 Å². The van der Waals surface area contributed by atoms with E-state index in [2.05, 4.69) is 143 Å². The number of hydrogen-bond donors (Lipinski definition) is 2. The number of carbonyl (C=O) groups excluding carboxylic acids is 2. The van der Waals surface area contributed by atoms with Crippen molar-refractivity contribution in [1.29, 1.82) is 0 Å². The predicted octanol–water partition coefficient (Wildman–Crippen LogP) is 15.8. The molecule has 0 unspecified atom stereocenters. The van der Waals surface area contributed by atoms with Crippen LogP contribution in [0, 0.1) is 33.8 Å². The van der Waals surface area contributed by atoms with Gasteiger partial charge in [0.2, 0.25) is 0 Å². The van der Waals surface area contributed by atoms with Gasteiger partial charge in [-0.1, -0.05) is 179 Å². The first-order chi connectivity index (χ1) is 32.9. The number of benzene rings is 5. The zero-order valence-corrected chi connectivity index (χ0v) is 47.7. The molecule has 72 heavy (non-hydrogen) atoms. The second-order valence-electron chi connectivity index (χ2n) is 21.7. The zero-order valence-electron chi connectivity index (χ0n) is 43.1. The number of allylic oxidation sites excluding steroid dienone is 4. The number of carbonyl (C=O) groups is 2. The molecule has 0 saturated carbocycles. The van der Waals surface area contributed by atoms with Crippen molar-refractivity contribution in [2.75, 3.05) is 0 Å². The minimum Gasteiger partial charge on any atom is -0.512 e. The van der Waals surface area contributed by atoms with Gasteiger partial charge in [0.1, 0.15) is 11.5 Å². The van der Waals surface area contributed by atoms with E-state index in [0.29, 0.717) is 0 Å². The van der Waals surface area contributed by atoms with Crippen LogP contribution in [0.4, 0.5) is 0 Å². The first kappa shape index (κ1) is 56.7. The average Bonchev–Trinajstić information content (AvgIpc) is 3.84. The van der Waals surface area contributed by atoms with Crippen LogP contribution in [0.3, 0.4) is 0 Å². The van der Waals surface area contributed by atoms with Crippen LogP contribution in [0.2, 0.25) is 0 Å². The van der Waals surface area contributed by atoms with Crippen LogP contribution in [0.15, 0.2) is 170 Å². The fraction of sp³-hybridized carbons (Fsp3) is 0.258. The zero-order chi connectivity index (χ0) is 50.8. The first-order valence-corrected chi connectivity index (χ1v) is 23.7. The third-order valence-electron chi connectivity index (χ3n) is 12.0. The minimum absolute atomic E-state index is 0. The first-order valence-electron chi connectivity index (χ1n) is 23.7. The van der Waals surface area contributed by atoms with E-state index in [1.54, 1.807) is 0 Å². The number of para-hydroxylation sites is 4. The maximum Gasteiger partial charge on any atom is 0.164 e. The number of fused-ring (bicyclic) bond motifs is 6. The van der Waals surface area contributed by atoms with E-state index in [1.165, 1.54) is 55.8 Å². The predicted molar refractivity (Wildman–Crippen MR) is 289 cm³/mol. The van der Waals surface area contributed by atoms with Gasteiger partial charge in [-0.2, -0.15) is 0 Å². The number of aromatic nitrogens is 4. The average molecular weight is 1320 g/mol. The molecule has 0 radical (unpaired) electrons. The number of aliphatic hydroxyl groups is 2. The Morgan fingerprint density at radius 2 is 0.708 bits per heavy atom. The second-order valence-corrected chi connectivity index (χ2v) is 21.7. The molecule has 0 spiro atoms. The van der Waals surface area contributed by atoms with Gasteiger partial charge in [0, 0.05) is 110 Å². The second kappa shape index (κ2) is 22.7. The third-order valence-corrected chi connectivity index (χ3v) is 12.0. The topological polar surface area (TPSA) is 110 Å². The Hall–Kier alpha value is -6.20. The number of aliphatic hydroxyl groups excluding tert-OH is 2. The molecule has 2 N–H and O–H groups in total.